The van der Waals surface area contributed by atoms with Gasteiger partial charge in [0.15, 0.2) is 0 Å². The fraction of sp³-hybridized carbons (Fsp3) is 0.647. The zero-order valence-electron chi connectivity index (χ0n) is 14.0. The highest BCUT2D eigenvalue weighted by atomic mass is 16.5. The summed E-state index contributed by atoms with van der Waals surface area (Å²) in [7, 11) is 4.15. The second-order valence-corrected chi connectivity index (χ2v) is 5.69. The van der Waals surface area contributed by atoms with E-state index in [2.05, 4.69) is 37.7 Å². The summed E-state index contributed by atoms with van der Waals surface area (Å²) < 4.78 is 5.61. The Labute approximate surface area is 129 Å². The van der Waals surface area contributed by atoms with Crippen LogP contribution in [0.1, 0.15) is 32.4 Å². The van der Waals surface area contributed by atoms with Crippen molar-refractivity contribution >= 4 is 0 Å². The first-order valence-electron chi connectivity index (χ1n) is 7.78. The number of aliphatic hydroxyl groups excluding tert-OH is 1. The maximum Gasteiger partial charge on any atom is 0.125 e. The van der Waals surface area contributed by atoms with Crippen molar-refractivity contribution in [3.05, 3.63) is 29.8 Å². The van der Waals surface area contributed by atoms with Crippen LogP contribution in [0, 0.1) is 0 Å². The minimum absolute atomic E-state index is 0.402. The lowest BCUT2D eigenvalue weighted by Crippen LogP contribution is -2.42. The number of aliphatic hydroxyl groups is 1. The SMILES string of the molecule is CCOc1ccccc1C(O)CN(CC)C(C)CN(C)C. The number of rotatable bonds is 9. The van der Waals surface area contributed by atoms with Gasteiger partial charge in [0.05, 0.1) is 12.7 Å². The van der Waals surface area contributed by atoms with Crippen LogP contribution < -0.4 is 4.74 Å². The van der Waals surface area contributed by atoms with E-state index in [-0.39, 0.29) is 0 Å². The average Bonchev–Trinajstić information content (AvgIpc) is 2.44. The molecule has 0 bridgehead atoms. The third-order valence-corrected chi connectivity index (χ3v) is 3.64. The number of hydrogen-bond donors (Lipinski definition) is 1. The maximum absolute atomic E-state index is 10.6. The molecule has 1 rings (SSSR count). The van der Waals surface area contributed by atoms with Gasteiger partial charge in [-0.3, -0.25) is 4.90 Å². The van der Waals surface area contributed by atoms with Gasteiger partial charge in [-0.05, 0) is 40.6 Å². The molecule has 1 N–H and O–H groups in total. The van der Waals surface area contributed by atoms with Crippen LogP contribution in [0.5, 0.6) is 5.75 Å². The third kappa shape index (κ3) is 5.65. The number of nitrogens with zero attached hydrogens (tertiary/aromatic N) is 2. The summed E-state index contributed by atoms with van der Waals surface area (Å²) in [6, 6.07) is 8.15. The largest absolute Gasteiger partial charge is 0.493 e. The molecule has 0 aromatic heterocycles. The zero-order valence-corrected chi connectivity index (χ0v) is 14.0. The van der Waals surface area contributed by atoms with Crippen LogP contribution in [0.4, 0.5) is 0 Å². The Hall–Kier alpha value is -1.10. The van der Waals surface area contributed by atoms with E-state index in [4.69, 9.17) is 4.74 Å². The molecule has 0 aliphatic carbocycles. The van der Waals surface area contributed by atoms with E-state index in [1.54, 1.807) is 0 Å². The lowest BCUT2D eigenvalue weighted by atomic mass is 10.1. The van der Waals surface area contributed by atoms with E-state index in [9.17, 15) is 5.11 Å². The number of para-hydroxylation sites is 1. The molecule has 0 saturated carbocycles. The summed E-state index contributed by atoms with van der Waals surface area (Å²) in [4.78, 5) is 4.47. The molecular weight excluding hydrogens is 264 g/mol. The van der Waals surface area contributed by atoms with E-state index in [1.807, 2.05) is 31.2 Å². The summed E-state index contributed by atoms with van der Waals surface area (Å²) in [6.07, 6.45) is -0.530. The second kappa shape index (κ2) is 9.03. The third-order valence-electron chi connectivity index (χ3n) is 3.64. The molecule has 120 valence electrons. The molecular formula is C17H30N2O2. The van der Waals surface area contributed by atoms with Gasteiger partial charge in [0.1, 0.15) is 5.75 Å². The Balaban J connectivity index is 2.76. The van der Waals surface area contributed by atoms with Gasteiger partial charge in [0.2, 0.25) is 0 Å². The number of hydrogen-bond acceptors (Lipinski definition) is 4. The highest BCUT2D eigenvalue weighted by Crippen LogP contribution is 2.26. The topological polar surface area (TPSA) is 35.9 Å². The van der Waals surface area contributed by atoms with Crippen molar-refractivity contribution in [2.45, 2.75) is 32.9 Å². The average molecular weight is 294 g/mol. The predicted octanol–water partition coefficient (Wildman–Crippen LogP) is 2.39. The van der Waals surface area contributed by atoms with Crippen molar-refractivity contribution in [2.24, 2.45) is 0 Å². The highest BCUT2D eigenvalue weighted by molar-refractivity contribution is 5.35. The fourth-order valence-corrected chi connectivity index (χ4v) is 2.63. The van der Waals surface area contributed by atoms with Crippen LogP contribution >= 0.6 is 0 Å². The molecule has 4 heteroatoms. The molecule has 0 amide bonds. The van der Waals surface area contributed by atoms with Crippen LogP contribution in [0.2, 0.25) is 0 Å². The molecule has 21 heavy (non-hydrogen) atoms. The van der Waals surface area contributed by atoms with E-state index >= 15 is 0 Å². The maximum atomic E-state index is 10.6. The van der Waals surface area contributed by atoms with Crippen LogP contribution in [0.3, 0.4) is 0 Å². The predicted molar refractivity (Wildman–Crippen MR) is 87.8 cm³/mol. The Morgan fingerprint density at radius 2 is 1.81 bits per heavy atom. The molecule has 1 aromatic carbocycles. The first-order valence-corrected chi connectivity index (χ1v) is 7.78. The highest BCUT2D eigenvalue weighted by Gasteiger charge is 2.20. The van der Waals surface area contributed by atoms with Gasteiger partial charge in [-0.15, -0.1) is 0 Å². The van der Waals surface area contributed by atoms with Gasteiger partial charge in [0.25, 0.3) is 0 Å². The Morgan fingerprint density at radius 1 is 1.14 bits per heavy atom. The number of benzene rings is 1. The van der Waals surface area contributed by atoms with Gasteiger partial charge < -0.3 is 14.7 Å². The molecule has 0 spiro atoms. The minimum Gasteiger partial charge on any atom is -0.493 e. The molecule has 2 unspecified atom stereocenters. The van der Waals surface area contributed by atoms with Crippen LogP contribution in [-0.4, -0.2) is 61.3 Å². The van der Waals surface area contributed by atoms with Crippen molar-refractivity contribution in [1.29, 1.82) is 0 Å². The Bertz CT molecular complexity index is 410. The molecule has 0 aliphatic rings. The molecule has 0 saturated heterocycles. The zero-order chi connectivity index (χ0) is 15.8. The van der Waals surface area contributed by atoms with Crippen molar-refractivity contribution in [3.63, 3.8) is 0 Å². The molecule has 4 nitrogen and oxygen atoms in total. The molecule has 2 atom stereocenters. The lowest BCUT2D eigenvalue weighted by molar-refractivity contribution is 0.0838. The first-order chi connectivity index (χ1) is 9.99. The summed E-state index contributed by atoms with van der Waals surface area (Å²) >= 11 is 0. The van der Waals surface area contributed by atoms with Gasteiger partial charge >= 0.3 is 0 Å². The molecule has 0 heterocycles. The van der Waals surface area contributed by atoms with Gasteiger partial charge in [-0.2, -0.15) is 0 Å². The molecule has 0 fully saturated rings. The number of likely N-dealkylation sites (N-methyl/N-ethyl adjacent to an activating group) is 2. The summed E-state index contributed by atoms with van der Waals surface area (Å²) in [6.45, 7) is 9.42. The van der Waals surface area contributed by atoms with E-state index in [0.717, 1.165) is 24.4 Å². The summed E-state index contributed by atoms with van der Waals surface area (Å²) in [5, 5.41) is 10.6. The minimum atomic E-state index is -0.530. The smallest absolute Gasteiger partial charge is 0.125 e. The molecule has 0 radical (unpaired) electrons. The Morgan fingerprint density at radius 3 is 2.38 bits per heavy atom. The van der Waals surface area contributed by atoms with Crippen LogP contribution in [-0.2, 0) is 0 Å². The van der Waals surface area contributed by atoms with Gasteiger partial charge in [-0.1, -0.05) is 25.1 Å². The monoisotopic (exact) mass is 294 g/mol. The van der Waals surface area contributed by atoms with Crippen molar-refractivity contribution in [3.8, 4) is 5.75 Å². The standard InChI is InChI=1S/C17H30N2O2/c1-6-19(14(3)12-18(4)5)13-16(20)15-10-8-9-11-17(15)21-7-2/h8-11,14,16,20H,6-7,12-13H2,1-5H3. The van der Waals surface area contributed by atoms with Gasteiger partial charge in [0, 0.05) is 24.7 Å². The van der Waals surface area contributed by atoms with Crippen molar-refractivity contribution < 1.29 is 9.84 Å². The Kier molecular flexibility index (Phi) is 7.72. The summed E-state index contributed by atoms with van der Waals surface area (Å²) in [5.74, 6) is 0.781. The van der Waals surface area contributed by atoms with Crippen molar-refractivity contribution in [2.75, 3.05) is 40.3 Å². The molecule has 1 aromatic rings. The number of ether oxygens (including phenoxy) is 1. The van der Waals surface area contributed by atoms with Gasteiger partial charge in [-0.25, -0.2) is 0 Å². The molecule has 0 aliphatic heterocycles. The second-order valence-electron chi connectivity index (χ2n) is 5.69. The normalized spacial score (nSPS) is 14.5. The first kappa shape index (κ1) is 18.0. The van der Waals surface area contributed by atoms with Crippen molar-refractivity contribution in [1.82, 2.24) is 9.80 Å². The van der Waals surface area contributed by atoms with E-state index in [0.29, 0.717) is 19.2 Å². The lowest BCUT2D eigenvalue weighted by Gasteiger charge is -2.32. The van der Waals surface area contributed by atoms with Crippen LogP contribution in [0.25, 0.3) is 0 Å². The van der Waals surface area contributed by atoms with E-state index in [1.165, 1.54) is 0 Å². The van der Waals surface area contributed by atoms with Crippen LogP contribution in [0.15, 0.2) is 24.3 Å². The van der Waals surface area contributed by atoms with E-state index < -0.39 is 6.10 Å². The summed E-state index contributed by atoms with van der Waals surface area (Å²) in [5.41, 5.74) is 0.870. The fourth-order valence-electron chi connectivity index (χ4n) is 2.63. The quantitative estimate of drug-likeness (QED) is 0.758.